The van der Waals surface area contributed by atoms with Gasteiger partial charge >= 0.3 is 0 Å². The predicted molar refractivity (Wildman–Crippen MR) is 71.0 cm³/mol. The van der Waals surface area contributed by atoms with Crippen molar-refractivity contribution in [3.8, 4) is 5.75 Å². The van der Waals surface area contributed by atoms with Crippen LogP contribution in [0.15, 0.2) is 28.8 Å². The van der Waals surface area contributed by atoms with Crippen molar-refractivity contribution in [3.05, 3.63) is 41.5 Å². The van der Waals surface area contributed by atoms with Gasteiger partial charge in [-0.2, -0.15) is 4.98 Å². The van der Waals surface area contributed by atoms with Crippen LogP contribution in [0.5, 0.6) is 5.75 Å². The molecule has 20 heavy (non-hydrogen) atoms. The summed E-state index contributed by atoms with van der Waals surface area (Å²) < 4.78 is 4.99. The zero-order valence-electron chi connectivity index (χ0n) is 11.0. The van der Waals surface area contributed by atoms with E-state index < -0.39 is 6.04 Å². The predicted octanol–water partition coefficient (Wildman–Crippen LogP) is 0.767. The smallest absolute Gasteiger partial charge is 0.292 e. The fourth-order valence-corrected chi connectivity index (χ4v) is 1.69. The minimum absolute atomic E-state index is 0.0250. The normalized spacial score (nSPS) is 12.1. The van der Waals surface area contributed by atoms with Gasteiger partial charge in [0.05, 0.1) is 6.04 Å². The third kappa shape index (κ3) is 3.33. The first-order valence-corrected chi connectivity index (χ1v) is 6.25. The number of hydrogen-bond donors (Lipinski definition) is 3. The van der Waals surface area contributed by atoms with E-state index in [0.29, 0.717) is 13.0 Å². The number of carbonyl (C=O) groups is 1. The molecule has 106 valence electrons. The molecule has 0 fully saturated rings. The SMILES string of the molecule is CCNC(=O)c1noc(C(N)Cc2ccc(O)cc2)n1. The van der Waals surface area contributed by atoms with Crippen molar-refractivity contribution in [2.75, 3.05) is 6.54 Å². The molecule has 2 rings (SSSR count). The molecule has 1 unspecified atom stereocenters. The highest BCUT2D eigenvalue weighted by Crippen LogP contribution is 2.16. The zero-order chi connectivity index (χ0) is 14.5. The number of nitrogens with two attached hydrogens (primary N) is 1. The van der Waals surface area contributed by atoms with Gasteiger partial charge in [0.1, 0.15) is 5.75 Å². The number of benzene rings is 1. The maximum atomic E-state index is 11.5. The number of hydrogen-bond acceptors (Lipinski definition) is 6. The van der Waals surface area contributed by atoms with Gasteiger partial charge in [-0.3, -0.25) is 4.79 Å². The van der Waals surface area contributed by atoms with Crippen LogP contribution >= 0.6 is 0 Å². The zero-order valence-corrected chi connectivity index (χ0v) is 11.0. The lowest BCUT2D eigenvalue weighted by molar-refractivity contribution is 0.0942. The van der Waals surface area contributed by atoms with Crippen LogP contribution in [0.3, 0.4) is 0 Å². The molecule has 1 aromatic heterocycles. The van der Waals surface area contributed by atoms with Gasteiger partial charge in [0.15, 0.2) is 0 Å². The van der Waals surface area contributed by atoms with Crippen molar-refractivity contribution < 1.29 is 14.4 Å². The molecule has 0 aliphatic rings. The van der Waals surface area contributed by atoms with Crippen molar-refractivity contribution in [2.24, 2.45) is 5.73 Å². The molecule has 1 heterocycles. The van der Waals surface area contributed by atoms with Crippen molar-refractivity contribution in [3.63, 3.8) is 0 Å². The van der Waals surface area contributed by atoms with Crippen molar-refractivity contribution >= 4 is 5.91 Å². The first-order valence-electron chi connectivity index (χ1n) is 6.25. The van der Waals surface area contributed by atoms with Gasteiger partial charge in [-0.05, 0) is 31.0 Å². The monoisotopic (exact) mass is 276 g/mol. The molecule has 1 amide bonds. The quantitative estimate of drug-likeness (QED) is 0.743. The molecule has 0 spiro atoms. The van der Waals surface area contributed by atoms with E-state index in [9.17, 15) is 9.90 Å². The van der Waals surface area contributed by atoms with Gasteiger partial charge < -0.3 is 20.7 Å². The van der Waals surface area contributed by atoms with Crippen LogP contribution in [0.4, 0.5) is 0 Å². The Morgan fingerprint density at radius 3 is 2.80 bits per heavy atom. The summed E-state index contributed by atoms with van der Waals surface area (Å²) in [5.74, 6) is -0.0136. The number of nitrogens with one attached hydrogen (secondary N) is 1. The topological polar surface area (TPSA) is 114 Å². The van der Waals surface area contributed by atoms with Crippen LogP contribution in [-0.4, -0.2) is 27.7 Å². The second-order valence-corrected chi connectivity index (χ2v) is 4.29. The Hall–Kier alpha value is -2.41. The summed E-state index contributed by atoms with van der Waals surface area (Å²) in [5.41, 5.74) is 6.89. The molecule has 1 aromatic carbocycles. The molecular formula is C13H16N4O3. The maximum Gasteiger partial charge on any atom is 0.292 e. The van der Waals surface area contributed by atoms with Gasteiger partial charge in [-0.15, -0.1) is 0 Å². The van der Waals surface area contributed by atoms with Gasteiger partial charge in [0.2, 0.25) is 5.89 Å². The van der Waals surface area contributed by atoms with E-state index >= 15 is 0 Å². The summed E-state index contributed by atoms with van der Waals surface area (Å²) in [6, 6.07) is 6.17. The number of amides is 1. The fraction of sp³-hybridized carbons (Fsp3) is 0.308. The number of carbonyl (C=O) groups excluding carboxylic acids is 1. The molecule has 0 bridgehead atoms. The van der Waals surface area contributed by atoms with E-state index in [1.54, 1.807) is 31.2 Å². The number of rotatable bonds is 5. The van der Waals surface area contributed by atoms with Crippen molar-refractivity contribution in [1.82, 2.24) is 15.5 Å². The lowest BCUT2D eigenvalue weighted by Crippen LogP contribution is -2.24. The molecule has 7 nitrogen and oxygen atoms in total. The van der Waals surface area contributed by atoms with Crippen LogP contribution < -0.4 is 11.1 Å². The number of aromatic nitrogens is 2. The summed E-state index contributed by atoms with van der Waals surface area (Å²) >= 11 is 0. The standard InChI is InChI=1S/C13H16N4O3/c1-2-15-12(19)11-16-13(20-17-11)10(14)7-8-3-5-9(18)6-4-8/h3-6,10,18H,2,7,14H2,1H3,(H,15,19). The Bertz CT molecular complexity index is 580. The fourth-order valence-electron chi connectivity index (χ4n) is 1.69. The molecule has 7 heteroatoms. The average Bonchev–Trinajstić information content (AvgIpc) is 2.91. The van der Waals surface area contributed by atoms with Crippen LogP contribution in [-0.2, 0) is 6.42 Å². The van der Waals surface area contributed by atoms with E-state index in [4.69, 9.17) is 10.3 Å². The maximum absolute atomic E-state index is 11.5. The largest absolute Gasteiger partial charge is 0.508 e. The second kappa shape index (κ2) is 6.16. The summed E-state index contributed by atoms with van der Waals surface area (Å²) in [7, 11) is 0. The Kier molecular flexibility index (Phi) is 4.31. The minimum Gasteiger partial charge on any atom is -0.508 e. The highest BCUT2D eigenvalue weighted by atomic mass is 16.5. The molecule has 0 aliphatic heterocycles. The van der Waals surface area contributed by atoms with Crippen LogP contribution in [0, 0.1) is 0 Å². The van der Waals surface area contributed by atoms with E-state index in [0.717, 1.165) is 5.56 Å². The van der Waals surface area contributed by atoms with Crippen molar-refractivity contribution in [2.45, 2.75) is 19.4 Å². The lowest BCUT2D eigenvalue weighted by atomic mass is 10.1. The summed E-state index contributed by atoms with van der Waals surface area (Å²) in [6.45, 7) is 2.29. The molecule has 0 radical (unpaired) electrons. The Morgan fingerprint density at radius 1 is 1.45 bits per heavy atom. The van der Waals surface area contributed by atoms with Crippen LogP contribution in [0.2, 0.25) is 0 Å². The molecule has 4 N–H and O–H groups in total. The lowest BCUT2D eigenvalue weighted by Gasteiger charge is -2.06. The minimum atomic E-state index is -0.504. The summed E-state index contributed by atoms with van der Waals surface area (Å²) in [5, 5.41) is 15.4. The van der Waals surface area contributed by atoms with E-state index in [1.807, 2.05) is 0 Å². The molecular weight excluding hydrogens is 260 g/mol. The Morgan fingerprint density at radius 2 is 2.15 bits per heavy atom. The third-order valence-corrected chi connectivity index (χ3v) is 2.69. The number of aromatic hydroxyl groups is 1. The third-order valence-electron chi connectivity index (χ3n) is 2.69. The first-order chi connectivity index (χ1) is 9.60. The molecule has 0 saturated carbocycles. The molecule has 1 atom stereocenters. The van der Waals surface area contributed by atoms with Crippen LogP contribution in [0.25, 0.3) is 0 Å². The Labute approximate surface area is 115 Å². The first kappa shape index (κ1) is 14.0. The van der Waals surface area contributed by atoms with Crippen molar-refractivity contribution in [1.29, 1.82) is 0 Å². The molecule has 0 aliphatic carbocycles. The van der Waals surface area contributed by atoms with E-state index in [1.165, 1.54) is 0 Å². The van der Waals surface area contributed by atoms with E-state index in [-0.39, 0.29) is 23.4 Å². The summed E-state index contributed by atoms with van der Waals surface area (Å²) in [4.78, 5) is 15.5. The van der Waals surface area contributed by atoms with E-state index in [2.05, 4.69) is 15.5 Å². The number of nitrogens with zero attached hydrogens (tertiary/aromatic N) is 2. The molecule has 0 saturated heterocycles. The van der Waals surface area contributed by atoms with Gasteiger partial charge in [0, 0.05) is 6.54 Å². The highest BCUT2D eigenvalue weighted by Gasteiger charge is 2.18. The highest BCUT2D eigenvalue weighted by molar-refractivity contribution is 5.90. The second-order valence-electron chi connectivity index (χ2n) is 4.29. The number of phenols is 1. The average molecular weight is 276 g/mol. The summed E-state index contributed by atoms with van der Waals surface area (Å²) in [6.07, 6.45) is 0.470. The van der Waals surface area contributed by atoms with Gasteiger partial charge in [-0.25, -0.2) is 0 Å². The number of phenolic OH excluding ortho intramolecular Hbond substituents is 1. The Balaban J connectivity index is 2.04. The van der Waals surface area contributed by atoms with Gasteiger partial charge in [-0.1, -0.05) is 17.3 Å². The molecule has 2 aromatic rings. The van der Waals surface area contributed by atoms with Crippen LogP contribution in [0.1, 0.15) is 35.0 Å². The van der Waals surface area contributed by atoms with Gasteiger partial charge in [0.25, 0.3) is 11.7 Å².